The van der Waals surface area contributed by atoms with Crippen LogP contribution in [-0.4, -0.2) is 81.8 Å². The van der Waals surface area contributed by atoms with Crippen LogP contribution in [0, 0.1) is 0 Å². The summed E-state index contributed by atoms with van der Waals surface area (Å²) in [6.45, 7) is 10.4. The van der Waals surface area contributed by atoms with Crippen molar-refractivity contribution < 1.29 is 9.47 Å². The van der Waals surface area contributed by atoms with Gasteiger partial charge in [0.1, 0.15) is 24.5 Å². The highest BCUT2D eigenvalue weighted by Gasteiger charge is 2.21. The number of ether oxygens (including phenoxy) is 2. The van der Waals surface area contributed by atoms with Crippen molar-refractivity contribution in [3.63, 3.8) is 0 Å². The van der Waals surface area contributed by atoms with Crippen LogP contribution in [0.5, 0.6) is 11.6 Å². The SMILES string of the molecule is CC(C)Oc1ncnc2c1nc(-c1ccc(OCCN3CCN(C)CC3)cc1Cl)n2Cc1ccccc1. The summed E-state index contributed by atoms with van der Waals surface area (Å²) in [7, 11) is 2.16. The van der Waals surface area contributed by atoms with Gasteiger partial charge in [-0.2, -0.15) is 4.98 Å². The molecule has 0 spiro atoms. The Morgan fingerprint density at radius 3 is 2.51 bits per heavy atom. The molecule has 0 bridgehead atoms. The Morgan fingerprint density at radius 1 is 1.00 bits per heavy atom. The molecule has 0 atom stereocenters. The number of fused-ring (bicyclic) bond motifs is 1. The van der Waals surface area contributed by atoms with E-state index in [1.807, 2.05) is 50.2 Å². The molecule has 0 radical (unpaired) electrons. The van der Waals surface area contributed by atoms with Crippen LogP contribution in [0.1, 0.15) is 19.4 Å². The summed E-state index contributed by atoms with van der Waals surface area (Å²) < 4.78 is 14.1. The number of halogens is 1. The first-order valence-corrected chi connectivity index (χ1v) is 13.1. The fraction of sp³-hybridized carbons (Fsp3) is 0.393. The monoisotopic (exact) mass is 520 g/mol. The molecular weight excluding hydrogens is 488 g/mol. The van der Waals surface area contributed by atoms with Gasteiger partial charge in [-0.15, -0.1) is 0 Å². The van der Waals surface area contributed by atoms with Crippen molar-refractivity contribution in [3.05, 3.63) is 65.4 Å². The summed E-state index contributed by atoms with van der Waals surface area (Å²) in [4.78, 5) is 18.6. The van der Waals surface area contributed by atoms with Crippen LogP contribution in [0.25, 0.3) is 22.6 Å². The smallest absolute Gasteiger partial charge is 0.245 e. The molecule has 1 aliphatic rings. The number of likely N-dealkylation sites (N-methyl/N-ethyl adjacent to an activating group) is 1. The molecule has 9 heteroatoms. The minimum Gasteiger partial charge on any atom is -0.492 e. The highest BCUT2D eigenvalue weighted by Crippen LogP contribution is 2.34. The normalized spacial score (nSPS) is 14.9. The van der Waals surface area contributed by atoms with Gasteiger partial charge < -0.3 is 18.9 Å². The minimum absolute atomic E-state index is 0.0355. The standard InChI is InChI=1S/C28H33ClN6O2/c1-20(2)37-28-25-27(30-19-31-28)35(18-21-7-5-4-6-8-21)26(32-25)23-10-9-22(17-24(23)29)36-16-15-34-13-11-33(3)12-14-34/h4-10,17,19-20H,11-16,18H2,1-3H3. The van der Waals surface area contributed by atoms with Crippen LogP contribution in [0.2, 0.25) is 5.02 Å². The molecule has 3 heterocycles. The van der Waals surface area contributed by atoms with Crippen LogP contribution >= 0.6 is 11.6 Å². The zero-order chi connectivity index (χ0) is 25.8. The Hall–Kier alpha value is -3.20. The lowest BCUT2D eigenvalue weighted by Gasteiger charge is -2.32. The minimum atomic E-state index is -0.0355. The van der Waals surface area contributed by atoms with E-state index in [9.17, 15) is 0 Å². The molecule has 0 N–H and O–H groups in total. The summed E-state index contributed by atoms with van der Waals surface area (Å²) in [5.74, 6) is 1.92. The fourth-order valence-electron chi connectivity index (χ4n) is 4.48. The Kier molecular flexibility index (Phi) is 7.88. The third-order valence-corrected chi connectivity index (χ3v) is 6.80. The number of rotatable bonds is 9. The molecule has 1 saturated heterocycles. The van der Waals surface area contributed by atoms with Gasteiger partial charge in [-0.1, -0.05) is 41.9 Å². The van der Waals surface area contributed by atoms with E-state index in [-0.39, 0.29) is 6.10 Å². The Labute approximate surface area is 222 Å². The first-order valence-electron chi connectivity index (χ1n) is 12.7. The van der Waals surface area contributed by atoms with Crippen LogP contribution in [-0.2, 0) is 6.54 Å². The molecule has 2 aromatic carbocycles. The van der Waals surface area contributed by atoms with Crippen molar-refractivity contribution in [2.24, 2.45) is 0 Å². The van der Waals surface area contributed by atoms with Gasteiger partial charge >= 0.3 is 0 Å². The maximum atomic E-state index is 6.82. The Balaban J connectivity index is 1.42. The maximum Gasteiger partial charge on any atom is 0.245 e. The summed E-state index contributed by atoms with van der Waals surface area (Å²) in [5.41, 5.74) is 3.25. The van der Waals surface area contributed by atoms with E-state index in [1.54, 1.807) is 0 Å². The zero-order valence-corrected chi connectivity index (χ0v) is 22.4. The number of piperazine rings is 1. The van der Waals surface area contributed by atoms with Gasteiger partial charge in [0.2, 0.25) is 5.88 Å². The molecule has 0 aliphatic carbocycles. The number of hydrogen-bond acceptors (Lipinski definition) is 7. The van der Waals surface area contributed by atoms with Gasteiger partial charge in [0, 0.05) is 38.3 Å². The molecular formula is C28H33ClN6O2. The van der Waals surface area contributed by atoms with Crippen LogP contribution < -0.4 is 9.47 Å². The third-order valence-electron chi connectivity index (χ3n) is 6.48. The van der Waals surface area contributed by atoms with E-state index in [0.717, 1.165) is 49.6 Å². The average Bonchev–Trinajstić information content (AvgIpc) is 3.24. The summed E-state index contributed by atoms with van der Waals surface area (Å²) in [6, 6.07) is 16.0. The number of hydrogen-bond donors (Lipinski definition) is 0. The first-order chi connectivity index (χ1) is 18.0. The summed E-state index contributed by atoms with van der Waals surface area (Å²) >= 11 is 6.82. The van der Waals surface area contributed by atoms with Crippen molar-refractivity contribution in [1.29, 1.82) is 0 Å². The predicted molar refractivity (Wildman–Crippen MR) is 147 cm³/mol. The molecule has 2 aromatic heterocycles. The van der Waals surface area contributed by atoms with E-state index in [2.05, 4.69) is 43.5 Å². The largest absolute Gasteiger partial charge is 0.492 e. The lowest BCUT2D eigenvalue weighted by atomic mass is 10.2. The molecule has 4 aromatic rings. The van der Waals surface area contributed by atoms with Gasteiger partial charge in [-0.3, -0.25) is 4.90 Å². The van der Waals surface area contributed by atoms with Crippen molar-refractivity contribution in [2.45, 2.75) is 26.5 Å². The highest BCUT2D eigenvalue weighted by molar-refractivity contribution is 6.33. The first kappa shape index (κ1) is 25.4. The molecule has 8 nitrogen and oxygen atoms in total. The van der Waals surface area contributed by atoms with Gasteiger partial charge in [0.15, 0.2) is 11.2 Å². The molecule has 5 rings (SSSR count). The average molecular weight is 521 g/mol. The highest BCUT2D eigenvalue weighted by atomic mass is 35.5. The fourth-order valence-corrected chi connectivity index (χ4v) is 4.73. The number of imidazole rings is 1. The molecule has 0 saturated carbocycles. The van der Waals surface area contributed by atoms with Crippen molar-refractivity contribution >= 4 is 22.8 Å². The molecule has 0 amide bonds. The van der Waals surface area contributed by atoms with Gasteiger partial charge in [0.05, 0.1) is 17.7 Å². The lowest BCUT2D eigenvalue weighted by molar-refractivity contribution is 0.134. The van der Waals surface area contributed by atoms with E-state index >= 15 is 0 Å². The topological polar surface area (TPSA) is 68.5 Å². The lowest BCUT2D eigenvalue weighted by Crippen LogP contribution is -2.45. The quantitative estimate of drug-likeness (QED) is 0.319. The van der Waals surface area contributed by atoms with Crippen LogP contribution in [0.15, 0.2) is 54.9 Å². The van der Waals surface area contributed by atoms with Crippen molar-refractivity contribution in [2.75, 3.05) is 46.4 Å². The van der Waals surface area contributed by atoms with E-state index < -0.39 is 0 Å². The zero-order valence-electron chi connectivity index (χ0n) is 21.6. The van der Waals surface area contributed by atoms with Crippen LogP contribution in [0.4, 0.5) is 0 Å². The van der Waals surface area contributed by atoms with Gasteiger partial charge in [-0.25, -0.2) is 9.97 Å². The van der Waals surface area contributed by atoms with Gasteiger partial charge in [-0.05, 0) is 44.7 Å². The number of benzene rings is 2. The third kappa shape index (κ3) is 6.04. The van der Waals surface area contributed by atoms with E-state index in [4.69, 9.17) is 26.1 Å². The second kappa shape index (κ2) is 11.5. The van der Waals surface area contributed by atoms with Gasteiger partial charge in [0.25, 0.3) is 0 Å². The molecule has 0 unspecified atom stereocenters. The molecule has 1 fully saturated rings. The summed E-state index contributed by atoms with van der Waals surface area (Å²) in [5, 5.41) is 0.570. The van der Waals surface area contributed by atoms with Crippen molar-refractivity contribution in [1.82, 2.24) is 29.3 Å². The van der Waals surface area contributed by atoms with E-state index in [1.165, 1.54) is 6.33 Å². The maximum absolute atomic E-state index is 6.82. The van der Waals surface area contributed by atoms with E-state index in [0.29, 0.717) is 41.0 Å². The number of nitrogens with zero attached hydrogens (tertiary/aromatic N) is 6. The van der Waals surface area contributed by atoms with Crippen LogP contribution in [0.3, 0.4) is 0 Å². The Bertz CT molecular complexity index is 1340. The second-order valence-electron chi connectivity index (χ2n) is 9.66. The summed E-state index contributed by atoms with van der Waals surface area (Å²) in [6.07, 6.45) is 1.48. The molecule has 194 valence electrons. The molecule has 1 aliphatic heterocycles. The van der Waals surface area contributed by atoms with Crippen molar-refractivity contribution in [3.8, 4) is 23.0 Å². The molecule has 37 heavy (non-hydrogen) atoms. The Morgan fingerprint density at radius 2 is 1.78 bits per heavy atom. The second-order valence-corrected chi connectivity index (χ2v) is 10.1. The predicted octanol–water partition coefficient (Wildman–Crippen LogP) is 4.61. The number of aromatic nitrogens is 4.